The molecule has 2 aromatic rings. The van der Waals surface area contributed by atoms with Gasteiger partial charge in [0.05, 0.1) is 0 Å². The summed E-state index contributed by atoms with van der Waals surface area (Å²) in [6.07, 6.45) is 5.67. The first-order valence-electron chi connectivity index (χ1n) is 12.7. The van der Waals surface area contributed by atoms with E-state index < -0.39 is 5.60 Å². The van der Waals surface area contributed by atoms with E-state index in [-0.39, 0.29) is 6.61 Å². The first kappa shape index (κ1) is 25.3. The number of likely N-dealkylation sites (tertiary alicyclic amines) is 2. The van der Waals surface area contributed by atoms with E-state index in [1.807, 2.05) is 32.0 Å². The summed E-state index contributed by atoms with van der Waals surface area (Å²) >= 11 is 6.27. The minimum absolute atomic E-state index is 0.281. The smallest absolute Gasteiger partial charge is 0.120 e. The first-order valence-corrected chi connectivity index (χ1v) is 13.1. The van der Waals surface area contributed by atoms with Crippen molar-refractivity contribution in [1.29, 1.82) is 0 Å². The highest BCUT2D eigenvalue weighted by atomic mass is 35.5. The number of piperidine rings is 2. The maximum Gasteiger partial charge on any atom is 0.120 e. The van der Waals surface area contributed by atoms with Crippen molar-refractivity contribution in [2.75, 3.05) is 45.9 Å². The summed E-state index contributed by atoms with van der Waals surface area (Å²) in [6.45, 7) is 10.7. The van der Waals surface area contributed by atoms with Crippen molar-refractivity contribution in [2.45, 2.75) is 58.1 Å². The minimum atomic E-state index is -0.859. The summed E-state index contributed by atoms with van der Waals surface area (Å²) in [7, 11) is 0. The molecular formula is C28H39ClN2O3. The minimum Gasteiger partial charge on any atom is -0.492 e. The van der Waals surface area contributed by atoms with Crippen LogP contribution in [0.4, 0.5) is 0 Å². The average molecular weight is 487 g/mol. The number of halogens is 1. The van der Waals surface area contributed by atoms with Gasteiger partial charge in [-0.1, -0.05) is 30.2 Å². The monoisotopic (exact) mass is 486 g/mol. The molecule has 0 saturated carbocycles. The van der Waals surface area contributed by atoms with Crippen LogP contribution in [0.1, 0.15) is 48.8 Å². The van der Waals surface area contributed by atoms with Gasteiger partial charge < -0.3 is 14.6 Å². The van der Waals surface area contributed by atoms with Crippen molar-refractivity contribution in [3.8, 4) is 11.5 Å². The van der Waals surface area contributed by atoms with E-state index in [0.717, 1.165) is 66.7 Å². The van der Waals surface area contributed by atoms with Crippen LogP contribution in [0.3, 0.4) is 0 Å². The van der Waals surface area contributed by atoms with Crippen molar-refractivity contribution in [1.82, 2.24) is 9.80 Å². The van der Waals surface area contributed by atoms with Crippen LogP contribution in [0.25, 0.3) is 0 Å². The molecule has 2 heterocycles. The largest absolute Gasteiger partial charge is 0.492 e. The summed E-state index contributed by atoms with van der Waals surface area (Å²) in [4.78, 5) is 4.81. The Morgan fingerprint density at radius 1 is 0.912 bits per heavy atom. The lowest BCUT2D eigenvalue weighted by atomic mass is 9.93. The Hall–Kier alpha value is -1.79. The molecule has 0 amide bonds. The predicted octanol–water partition coefficient (Wildman–Crippen LogP) is 5.23. The van der Waals surface area contributed by atoms with Crippen LogP contribution in [0.15, 0.2) is 36.4 Å². The molecule has 4 rings (SSSR count). The quantitative estimate of drug-likeness (QED) is 0.526. The molecule has 1 N–H and O–H groups in total. The maximum atomic E-state index is 11.2. The molecule has 2 aromatic carbocycles. The summed E-state index contributed by atoms with van der Waals surface area (Å²) in [6, 6.07) is 12.3. The number of hydrogen-bond donors (Lipinski definition) is 1. The lowest BCUT2D eigenvalue weighted by Gasteiger charge is -2.39. The van der Waals surface area contributed by atoms with Gasteiger partial charge in [0.2, 0.25) is 0 Å². The molecule has 2 aliphatic rings. The fraction of sp³-hybridized carbons (Fsp3) is 0.571. The maximum absolute atomic E-state index is 11.2. The number of rotatable bonds is 9. The zero-order chi connectivity index (χ0) is 24.0. The lowest BCUT2D eigenvalue weighted by Crippen LogP contribution is -2.51. The van der Waals surface area contributed by atoms with Gasteiger partial charge in [-0.15, -0.1) is 0 Å². The van der Waals surface area contributed by atoms with Crippen LogP contribution in [-0.2, 0) is 6.54 Å². The van der Waals surface area contributed by atoms with E-state index in [2.05, 4.69) is 28.0 Å². The topological polar surface area (TPSA) is 45.2 Å². The average Bonchev–Trinajstić information content (AvgIpc) is 2.82. The SMILES string of the molecule is Cc1cc(OC[C@]2(O)CCCN(Cc3cccc(OCCN4CCCCC4)c3)C2)cc(C)c1Cl. The normalized spacial score (nSPS) is 22.0. The highest BCUT2D eigenvalue weighted by molar-refractivity contribution is 6.32. The number of aliphatic hydroxyl groups is 1. The molecular weight excluding hydrogens is 448 g/mol. The Labute approximate surface area is 209 Å². The number of ether oxygens (including phenoxy) is 2. The Morgan fingerprint density at radius 3 is 2.41 bits per heavy atom. The van der Waals surface area contributed by atoms with Crippen molar-refractivity contribution in [2.24, 2.45) is 0 Å². The Bertz CT molecular complexity index is 924. The molecule has 0 bridgehead atoms. The van der Waals surface area contributed by atoms with Crippen LogP contribution in [0.2, 0.25) is 5.02 Å². The van der Waals surface area contributed by atoms with E-state index in [1.54, 1.807) is 0 Å². The summed E-state index contributed by atoms with van der Waals surface area (Å²) < 4.78 is 12.1. The molecule has 2 fully saturated rings. The molecule has 0 radical (unpaired) electrons. The standard InChI is InChI=1S/C28H39ClN2O3/c1-22-16-26(17-23(2)27(22)29)34-21-28(32)10-7-13-31(20-28)19-24-8-6-9-25(18-24)33-15-14-30-11-4-3-5-12-30/h6,8-9,16-18,32H,3-5,7,10-15,19-21H2,1-2H3/t28-/m0/s1. The van der Waals surface area contributed by atoms with Gasteiger partial charge in [0.25, 0.3) is 0 Å². The second-order valence-electron chi connectivity index (χ2n) is 10.1. The van der Waals surface area contributed by atoms with Gasteiger partial charge in [-0.2, -0.15) is 0 Å². The van der Waals surface area contributed by atoms with E-state index in [0.29, 0.717) is 6.54 Å². The van der Waals surface area contributed by atoms with Crippen molar-refractivity contribution >= 4 is 11.6 Å². The molecule has 2 aliphatic heterocycles. The van der Waals surface area contributed by atoms with Gasteiger partial charge >= 0.3 is 0 Å². The van der Waals surface area contributed by atoms with Gasteiger partial charge in [0.1, 0.15) is 30.3 Å². The van der Waals surface area contributed by atoms with Crippen LogP contribution in [-0.4, -0.2) is 66.4 Å². The highest BCUT2D eigenvalue weighted by Gasteiger charge is 2.34. The summed E-state index contributed by atoms with van der Waals surface area (Å²) in [5.41, 5.74) is 2.34. The van der Waals surface area contributed by atoms with E-state index >= 15 is 0 Å². The zero-order valence-corrected chi connectivity index (χ0v) is 21.4. The molecule has 6 heteroatoms. The molecule has 0 spiro atoms. The van der Waals surface area contributed by atoms with E-state index in [1.165, 1.54) is 37.9 Å². The number of aryl methyl sites for hydroxylation is 2. The van der Waals surface area contributed by atoms with Gasteiger partial charge in [-0.05, 0) is 100 Å². The number of β-amino-alcohol motifs (C(OH)–C–C–N with tert-alkyl or cyclic N) is 1. The lowest BCUT2D eigenvalue weighted by molar-refractivity contribution is -0.0621. The van der Waals surface area contributed by atoms with Gasteiger partial charge in [0, 0.05) is 24.7 Å². The third kappa shape index (κ3) is 7.11. The van der Waals surface area contributed by atoms with Crippen molar-refractivity contribution < 1.29 is 14.6 Å². The Morgan fingerprint density at radius 2 is 1.65 bits per heavy atom. The van der Waals surface area contributed by atoms with E-state index in [9.17, 15) is 5.11 Å². The molecule has 5 nitrogen and oxygen atoms in total. The van der Waals surface area contributed by atoms with Gasteiger partial charge in [0.15, 0.2) is 0 Å². The van der Waals surface area contributed by atoms with Gasteiger partial charge in [-0.25, -0.2) is 0 Å². The molecule has 1 atom stereocenters. The fourth-order valence-corrected chi connectivity index (χ4v) is 5.24. The fourth-order valence-electron chi connectivity index (χ4n) is 5.13. The van der Waals surface area contributed by atoms with Crippen LogP contribution >= 0.6 is 11.6 Å². The van der Waals surface area contributed by atoms with Crippen LogP contribution < -0.4 is 9.47 Å². The number of benzene rings is 2. The van der Waals surface area contributed by atoms with E-state index in [4.69, 9.17) is 21.1 Å². The third-order valence-electron chi connectivity index (χ3n) is 6.98. The Kier molecular flexibility index (Phi) is 8.75. The number of nitrogens with zero attached hydrogens (tertiary/aromatic N) is 2. The highest BCUT2D eigenvalue weighted by Crippen LogP contribution is 2.28. The van der Waals surface area contributed by atoms with Crippen molar-refractivity contribution in [3.05, 3.63) is 58.1 Å². The molecule has 2 saturated heterocycles. The first-order chi connectivity index (χ1) is 16.4. The summed E-state index contributed by atoms with van der Waals surface area (Å²) in [5, 5.41) is 12.0. The molecule has 0 aromatic heterocycles. The van der Waals surface area contributed by atoms with Crippen molar-refractivity contribution in [3.63, 3.8) is 0 Å². The van der Waals surface area contributed by atoms with Gasteiger partial charge in [-0.3, -0.25) is 9.80 Å². The van der Waals surface area contributed by atoms with Crippen LogP contribution in [0.5, 0.6) is 11.5 Å². The second kappa shape index (κ2) is 11.8. The summed E-state index contributed by atoms with van der Waals surface area (Å²) in [5.74, 6) is 1.69. The third-order valence-corrected chi connectivity index (χ3v) is 7.58. The molecule has 0 aliphatic carbocycles. The predicted molar refractivity (Wildman–Crippen MR) is 138 cm³/mol. The molecule has 186 valence electrons. The molecule has 0 unspecified atom stereocenters. The number of hydrogen-bond acceptors (Lipinski definition) is 5. The van der Waals surface area contributed by atoms with Crippen LogP contribution in [0, 0.1) is 13.8 Å². The molecule has 34 heavy (non-hydrogen) atoms. The second-order valence-corrected chi connectivity index (χ2v) is 10.5. The zero-order valence-electron chi connectivity index (χ0n) is 20.7. The Balaban J connectivity index is 1.28.